The zero-order valence-electron chi connectivity index (χ0n) is 21.5. The number of fused-ring (bicyclic) bond motifs is 1. The summed E-state index contributed by atoms with van der Waals surface area (Å²) in [6, 6.07) is 11.4. The quantitative estimate of drug-likeness (QED) is 0.421. The first-order valence-electron chi connectivity index (χ1n) is 13.1. The summed E-state index contributed by atoms with van der Waals surface area (Å²) in [5.41, 5.74) is 1.38. The number of hydrogen-bond donors (Lipinski definition) is 1. The van der Waals surface area contributed by atoms with Crippen LogP contribution >= 0.6 is 0 Å². The number of carbonyl (C=O) groups is 1. The van der Waals surface area contributed by atoms with Gasteiger partial charge in [0.15, 0.2) is 0 Å². The molecule has 5 atom stereocenters. The molecule has 1 aliphatic carbocycles. The van der Waals surface area contributed by atoms with Crippen LogP contribution in [0.3, 0.4) is 0 Å². The van der Waals surface area contributed by atoms with Gasteiger partial charge in [0.2, 0.25) is 0 Å². The fourth-order valence-corrected chi connectivity index (χ4v) is 5.82. The number of halogens is 4. The summed E-state index contributed by atoms with van der Waals surface area (Å²) in [5.74, 6) is -3.78. The van der Waals surface area contributed by atoms with Crippen molar-refractivity contribution in [2.45, 2.75) is 31.4 Å². The number of rotatable bonds is 7. The molecular weight excluding hydrogens is 514 g/mol. The molecule has 2 aliphatic heterocycles. The molecule has 0 saturated carbocycles. The monoisotopic (exact) mass is 545 g/mol. The van der Waals surface area contributed by atoms with Gasteiger partial charge in [0.25, 0.3) is 0 Å². The van der Waals surface area contributed by atoms with Crippen molar-refractivity contribution in [3.63, 3.8) is 0 Å². The maximum absolute atomic E-state index is 15.2. The molecule has 5 unspecified atom stereocenters. The van der Waals surface area contributed by atoms with Gasteiger partial charge < -0.3 is 19.5 Å². The largest absolute Gasteiger partial charge is 0.493 e. The average Bonchev–Trinajstić information content (AvgIpc) is 3.38. The van der Waals surface area contributed by atoms with Crippen LogP contribution < -0.4 is 9.47 Å². The second kappa shape index (κ2) is 11.0. The number of hydrogen-bond acceptors (Lipinski definition) is 4. The highest BCUT2D eigenvalue weighted by Crippen LogP contribution is 2.44. The Morgan fingerprint density at radius 1 is 1.21 bits per heavy atom. The smallest absolute Gasteiger partial charge is 0.396 e. The van der Waals surface area contributed by atoms with Crippen molar-refractivity contribution < 1.29 is 36.9 Å². The lowest BCUT2D eigenvalue weighted by atomic mass is 9.81. The first-order valence-corrected chi connectivity index (χ1v) is 13.1. The molecule has 9 heteroatoms. The van der Waals surface area contributed by atoms with Crippen molar-refractivity contribution in [2.75, 3.05) is 32.8 Å². The number of ether oxygens (including phenoxy) is 2. The molecule has 0 radical (unpaired) electrons. The summed E-state index contributed by atoms with van der Waals surface area (Å²) in [6.07, 6.45) is 0.529. The van der Waals surface area contributed by atoms with E-state index in [1.54, 1.807) is 48.6 Å². The standard InChI is InChI=1S/C30H31F4NO4/c1-18-22(15-35-10-9-21(14-35)29(36)37)17-39-27-13-23(12-26(31)28(18)27)38-16-19-7-8-24(20-5-3-2-4-6-20)25(11-19)30(32,33)34/h2-8,11-13,18,21-22,24-25H,9-10,14-17H2,1H3,(H,36,37). The van der Waals surface area contributed by atoms with E-state index in [-0.39, 0.29) is 30.1 Å². The van der Waals surface area contributed by atoms with Crippen LogP contribution in [0.25, 0.3) is 0 Å². The molecule has 0 aromatic heterocycles. The van der Waals surface area contributed by atoms with Crippen LogP contribution in [0.1, 0.15) is 36.3 Å². The van der Waals surface area contributed by atoms with Crippen LogP contribution in [-0.2, 0) is 4.79 Å². The van der Waals surface area contributed by atoms with Crippen LogP contribution in [0.4, 0.5) is 17.6 Å². The van der Waals surface area contributed by atoms with E-state index in [0.29, 0.717) is 55.1 Å². The highest BCUT2D eigenvalue weighted by molar-refractivity contribution is 5.70. The fourth-order valence-electron chi connectivity index (χ4n) is 5.82. The van der Waals surface area contributed by atoms with Gasteiger partial charge in [0, 0.05) is 42.6 Å². The van der Waals surface area contributed by atoms with E-state index in [2.05, 4.69) is 4.90 Å². The summed E-state index contributed by atoms with van der Waals surface area (Å²) >= 11 is 0. The number of alkyl halides is 3. The molecule has 0 amide bonds. The third-order valence-electron chi connectivity index (χ3n) is 8.06. The molecule has 5 nitrogen and oxygen atoms in total. The molecule has 0 bridgehead atoms. The van der Waals surface area contributed by atoms with E-state index in [1.807, 2.05) is 6.92 Å². The van der Waals surface area contributed by atoms with Crippen LogP contribution in [-0.4, -0.2) is 55.0 Å². The Balaban J connectivity index is 1.25. The van der Waals surface area contributed by atoms with Crippen molar-refractivity contribution >= 4 is 5.97 Å². The predicted molar refractivity (Wildman–Crippen MR) is 137 cm³/mol. The van der Waals surface area contributed by atoms with E-state index >= 15 is 4.39 Å². The lowest BCUT2D eigenvalue weighted by Crippen LogP contribution is -2.36. The minimum absolute atomic E-state index is 0.000655. The molecule has 39 heavy (non-hydrogen) atoms. The number of allylic oxidation sites excluding steroid dienone is 2. The molecule has 2 aromatic rings. The van der Waals surface area contributed by atoms with Crippen LogP contribution in [0.2, 0.25) is 0 Å². The zero-order valence-corrected chi connectivity index (χ0v) is 21.5. The minimum atomic E-state index is -4.43. The molecule has 3 aliphatic rings. The van der Waals surface area contributed by atoms with E-state index in [9.17, 15) is 23.1 Å². The van der Waals surface area contributed by atoms with Crippen molar-refractivity contribution in [1.29, 1.82) is 0 Å². The Kier molecular flexibility index (Phi) is 7.71. The summed E-state index contributed by atoms with van der Waals surface area (Å²) in [4.78, 5) is 13.4. The molecule has 1 saturated heterocycles. The van der Waals surface area contributed by atoms with Gasteiger partial charge in [0.05, 0.1) is 18.4 Å². The molecule has 208 valence electrons. The van der Waals surface area contributed by atoms with Gasteiger partial charge in [-0.1, -0.05) is 55.5 Å². The van der Waals surface area contributed by atoms with Gasteiger partial charge in [-0.15, -0.1) is 0 Å². The molecule has 1 fully saturated rings. The molecule has 5 rings (SSSR count). The molecule has 1 N–H and O–H groups in total. The van der Waals surface area contributed by atoms with Gasteiger partial charge in [-0.25, -0.2) is 4.39 Å². The third-order valence-corrected chi connectivity index (χ3v) is 8.06. The SMILES string of the molecule is CC1c2c(F)cc(OCC3=CC(C(F)(F)F)C(c4ccccc4)C=C3)cc2OCC1CN1CCC(C(=O)O)C1. The first kappa shape index (κ1) is 27.2. The molecule has 0 spiro atoms. The second-order valence-corrected chi connectivity index (χ2v) is 10.7. The number of carboxylic acid groups (broad SMARTS) is 1. The molecule has 2 heterocycles. The van der Waals surface area contributed by atoms with Gasteiger partial charge >= 0.3 is 12.1 Å². The van der Waals surface area contributed by atoms with E-state index in [1.165, 1.54) is 12.1 Å². The van der Waals surface area contributed by atoms with Gasteiger partial charge in [-0.3, -0.25) is 4.79 Å². The van der Waals surface area contributed by atoms with Crippen molar-refractivity contribution in [1.82, 2.24) is 4.90 Å². The number of nitrogens with zero attached hydrogens (tertiary/aromatic N) is 1. The van der Waals surface area contributed by atoms with Crippen LogP contribution in [0, 0.1) is 23.6 Å². The predicted octanol–water partition coefficient (Wildman–Crippen LogP) is 6.18. The molecule has 2 aromatic carbocycles. The normalized spacial score (nSPS) is 27.0. The Morgan fingerprint density at radius 3 is 2.67 bits per heavy atom. The van der Waals surface area contributed by atoms with Gasteiger partial charge in [0.1, 0.15) is 23.9 Å². The Morgan fingerprint density at radius 2 is 1.97 bits per heavy atom. The maximum atomic E-state index is 15.2. The van der Waals surface area contributed by atoms with Crippen LogP contribution in [0.5, 0.6) is 11.5 Å². The van der Waals surface area contributed by atoms with Crippen LogP contribution in [0.15, 0.2) is 66.3 Å². The maximum Gasteiger partial charge on any atom is 0.396 e. The number of aliphatic carboxylic acids is 1. The Labute approximate surface area is 224 Å². The van der Waals surface area contributed by atoms with Crippen molar-refractivity contribution in [3.8, 4) is 11.5 Å². The zero-order chi connectivity index (χ0) is 27.7. The molecular formula is C30H31F4NO4. The van der Waals surface area contributed by atoms with E-state index in [4.69, 9.17) is 9.47 Å². The summed E-state index contributed by atoms with van der Waals surface area (Å²) in [7, 11) is 0. The second-order valence-electron chi connectivity index (χ2n) is 10.7. The van der Waals surface area contributed by atoms with Gasteiger partial charge in [-0.05, 0) is 30.0 Å². The van der Waals surface area contributed by atoms with Crippen molar-refractivity contribution in [2.24, 2.45) is 17.8 Å². The third kappa shape index (κ3) is 5.98. The fraction of sp³-hybridized carbons (Fsp3) is 0.433. The summed E-state index contributed by atoms with van der Waals surface area (Å²) < 4.78 is 68.5. The minimum Gasteiger partial charge on any atom is -0.493 e. The van der Waals surface area contributed by atoms with Gasteiger partial charge in [-0.2, -0.15) is 13.2 Å². The topological polar surface area (TPSA) is 59.0 Å². The van der Waals surface area contributed by atoms with E-state index < -0.39 is 29.8 Å². The highest BCUT2D eigenvalue weighted by atomic mass is 19.4. The summed E-state index contributed by atoms with van der Waals surface area (Å²) in [5, 5.41) is 9.25. The van der Waals surface area contributed by atoms with Crippen molar-refractivity contribution in [3.05, 3.63) is 83.2 Å². The lowest BCUT2D eigenvalue weighted by molar-refractivity contribution is -0.164. The highest BCUT2D eigenvalue weighted by Gasteiger charge is 2.44. The Bertz CT molecular complexity index is 1260. The average molecular weight is 546 g/mol. The first-order chi connectivity index (χ1) is 18.6. The Hall–Kier alpha value is -3.33. The number of carboxylic acids is 1. The lowest BCUT2D eigenvalue weighted by Gasteiger charge is -2.34. The number of benzene rings is 2. The van der Waals surface area contributed by atoms with E-state index in [0.717, 1.165) is 0 Å². The summed E-state index contributed by atoms with van der Waals surface area (Å²) in [6.45, 7) is 3.93. The number of likely N-dealkylation sites (tertiary alicyclic amines) is 1.